The van der Waals surface area contributed by atoms with Crippen LogP contribution in [0.25, 0.3) is 0 Å². The smallest absolute Gasteiger partial charge is 0.314 e. The first-order valence-corrected chi connectivity index (χ1v) is 6.14. The molecule has 1 aliphatic carbocycles. The van der Waals surface area contributed by atoms with Crippen LogP contribution in [-0.4, -0.2) is 30.4 Å². The van der Waals surface area contributed by atoms with Gasteiger partial charge in [0.25, 0.3) is 0 Å². The van der Waals surface area contributed by atoms with Crippen molar-refractivity contribution in [2.24, 2.45) is 0 Å². The molecular weight excluding hydrogens is 304 g/mol. The van der Waals surface area contributed by atoms with Crippen molar-refractivity contribution < 1.29 is 24.5 Å². The Morgan fingerprint density at radius 2 is 2.00 bits per heavy atom. The minimum atomic E-state index is -1.06. The second kappa shape index (κ2) is 4.35. The average Bonchev–Trinajstić information content (AvgIpc) is 3.12. The van der Waals surface area contributed by atoms with E-state index in [1.54, 1.807) is 6.07 Å². The van der Waals surface area contributed by atoms with Gasteiger partial charge in [-0.05, 0) is 28.8 Å². The maximum absolute atomic E-state index is 11.4. The number of halogens is 1. The van der Waals surface area contributed by atoms with Gasteiger partial charge in [-0.2, -0.15) is 0 Å². The summed E-state index contributed by atoms with van der Waals surface area (Å²) in [5, 5.41) is 19.4. The van der Waals surface area contributed by atoms with Crippen molar-refractivity contribution in [3.05, 3.63) is 16.1 Å². The molecule has 98 valence electrons. The summed E-state index contributed by atoms with van der Waals surface area (Å²) in [6.07, 6.45) is 0.956. The first-order valence-electron chi connectivity index (χ1n) is 5.35. The molecule has 2 N–H and O–H groups in total. The second-order valence-corrected chi connectivity index (χ2v) is 5.06. The van der Waals surface area contributed by atoms with Gasteiger partial charge in [-0.1, -0.05) is 0 Å². The number of benzene rings is 1. The van der Waals surface area contributed by atoms with Crippen LogP contribution in [0.5, 0.6) is 17.2 Å². The first-order chi connectivity index (χ1) is 8.47. The minimum absolute atomic E-state index is 0.104. The molecular formula is C12H13BrO5. The van der Waals surface area contributed by atoms with Crippen LogP contribution in [0.2, 0.25) is 0 Å². The zero-order valence-electron chi connectivity index (χ0n) is 9.99. The normalized spacial score (nSPS) is 16.2. The Kier molecular flexibility index (Phi) is 3.14. The predicted octanol–water partition coefficient (Wildman–Crippen LogP) is 2.29. The number of phenols is 1. The van der Waals surface area contributed by atoms with Crippen molar-refractivity contribution in [3.63, 3.8) is 0 Å². The highest BCUT2D eigenvalue weighted by atomic mass is 79.9. The summed E-state index contributed by atoms with van der Waals surface area (Å²) in [6, 6.07) is 1.55. The number of aliphatic carboxylic acids is 1. The molecule has 0 aliphatic heterocycles. The van der Waals surface area contributed by atoms with Gasteiger partial charge in [-0.15, -0.1) is 0 Å². The molecule has 0 saturated heterocycles. The van der Waals surface area contributed by atoms with Gasteiger partial charge in [0.2, 0.25) is 0 Å². The third-order valence-electron chi connectivity index (χ3n) is 3.23. The molecule has 6 heteroatoms. The van der Waals surface area contributed by atoms with Crippen LogP contribution in [0.1, 0.15) is 18.4 Å². The minimum Gasteiger partial charge on any atom is -0.506 e. The van der Waals surface area contributed by atoms with Gasteiger partial charge in [0.15, 0.2) is 11.5 Å². The maximum atomic E-state index is 11.4. The summed E-state index contributed by atoms with van der Waals surface area (Å²) in [7, 11) is 2.89. The largest absolute Gasteiger partial charge is 0.506 e. The molecule has 1 saturated carbocycles. The molecule has 0 atom stereocenters. The molecule has 0 aromatic heterocycles. The third-order valence-corrected chi connectivity index (χ3v) is 3.84. The van der Waals surface area contributed by atoms with Crippen molar-refractivity contribution in [1.82, 2.24) is 0 Å². The van der Waals surface area contributed by atoms with E-state index in [9.17, 15) is 15.0 Å². The van der Waals surface area contributed by atoms with Gasteiger partial charge in [-0.25, -0.2) is 0 Å². The molecule has 0 radical (unpaired) electrons. The molecule has 0 amide bonds. The first kappa shape index (κ1) is 13.0. The fourth-order valence-electron chi connectivity index (χ4n) is 2.09. The van der Waals surface area contributed by atoms with Crippen LogP contribution < -0.4 is 9.47 Å². The van der Waals surface area contributed by atoms with Crippen LogP contribution in [0.15, 0.2) is 10.5 Å². The number of carboxylic acid groups (broad SMARTS) is 1. The molecule has 0 bridgehead atoms. The highest BCUT2D eigenvalue weighted by molar-refractivity contribution is 9.10. The van der Waals surface area contributed by atoms with Crippen molar-refractivity contribution in [2.75, 3.05) is 14.2 Å². The number of carboxylic acids is 1. The van der Waals surface area contributed by atoms with Crippen molar-refractivity contribution in [3.8, 4) is 17.2 Å². The van der Waals surface area contributed by atoms with E-state index in [0.29, 0.717) is 23.1 Å². The van der Waals surface area contributed by atoms with E-state index in [-0.39, 0.29) is 17.1 Å². The zero-order chi connectivity index (χ0) is 13.5. The summed E-state index contributed by atoms with van der Waals surface area (Å²) in [5.74, 6) is -0.397. The van der Waals surface area contributed by atoms with Gasteiger partial charge in [0.05, 0.1) is 24.3 Å². The highest BCUT2D eigenvalue weighted by Crippen LogP contribution is 2.58. The van der Waals surface area contributed by atoms with Crippen molar-refractivity contribution in [2.45, 2.75) is 18.3 Å². The molecule has 1 fully saturated rings. The van der Waals surface area contributed by atoms with Crippen LogP contribution in [0.3, 0.4) is 0 Å². The number of rotatable bonds is 4. The molecule has 0 heterocycles. The number of hydrogen-bond acceptors (Lipinski definition) is 4. The number of methoxy groups -OCH3 is 2. The van der Waals surface area contributed by atoms with Gasteiger partial charge >= 0.3 is 5.97 Å². The lowest BCUT2D eigenvalue weighted by Gasteiger charge is -2.19. The lowest BCUT2D eigenvalue weighted by molar-refractivity contribution is -0.140. The number of phenolic OH excluding ortho intramolecular Hbond substituents is 1. The van der Waals surface area contributed by atoms with E-state index in [2.05, 4.69) is 15.9 Å². The van der Waals surface area contributed by atoms with Gasteiger partial charge in [-0.3, -0.25) is 4.79 Å². The lowest BCUT2D eigenvalue weighted by atomic mass is 9.93. The molecule has 0 spiro atoms. The SMILES string of the molecule is COc1cc(Br)c(O)c(C2(C(=O)O)CC2)c1OC. The second-order valence-electron chi connectivity index (χ2n) is 4.20. The number of hydrogen-bond donors (Lipinski definition) is 2. The molecule has 18 heavy (non-hydrogen) atoms. The Hall–Kier alpha value is -1.43. The van der Waals surface area contributed by atoms with Crippen LogP contribution in [-0.2, 0) is 10.2 Å². The monoisotopic (exact) mass is 316 g/mol. The molecule has 1 aromatic carbocycles. The molecule has 1 aromatic rings. The third kappa shape index (κ3) is 1.71. The van der Waals surface area contributed by atoms with Crippen LogP contribution in [0, 0.1) is 0 Å². The molecule has 0 unspecified atom stereocenters. The maximum Gasteiger partial charge on any atom is 0.314 e. The fourth-order valence-corrected chi connectivity index (χ4v) is 2.50. The molecule has 5 nitrogen and oxygen atoms in total. The van der Waals surface area contributed by atoms with E-state index in [4.69, 9.17) is 9.47 Å². The summed E-state index contributed by atoms with van der Waals surface area (Å²) >= 11 is 3.19. The number of ether oxygens (including phenoxy) is 2. The van der Waals surface area contributed by atoms with E-state index in [0.717, 1.165) is 0 Å². The average molecular weight is 317 g/mol. The van der Waals surface area contributed by atoms with Gasteiger partial charge < -0.3 is 19.7 Å². The molecule has 1 aliphatic rings. The zero-order valence-corrected chi connectivity index (χ0v) is 11.6. The van der Waals surface area contributed by atoms with Gasteiger partial charge in [0.1, 0.15) is 11.2 Å². The summed E-state index contributed by atoms with van der Waals surface area (Å²) in [5.41, 5.74) is -0.782. The van der Waals surface area contributed by atoms with Crippen LogP contribution >= 0.6 is 15.9 Å². The number of carbonyl (C=O) groups is 1. The van der Waals surface area contributed by atoms with E-state index < -0.39 is 11.4 Å². The Morgan fingerprint density at radius 1 is 1.39 bits per heavy atom. The highest BCUT2D eigenvalue weighted by Gasteiger charge is 2.55. The topological polar surface area (TPSA) is 76.0 Å². The Labute approximate surface area is 112 Å². The van der Waals surface area contributed by atoms with Crippen LogP contribution in [0.4, 0.5) is 0 Å². The van der Waals surface area contributed by atoms with E-state index >= 15 is 0 Å². The standard InChI is InChI=1S/C12H13BrO5/c1-17-7-5-6(13)9(14)8(10(7)18-2)12(3-4-12)11(15)16/h5,14H,3-4H2,1-2H3,(H,15,16). The Bertz CT molecular complexity index is 508. The summed E-state index contributed by atoms with van der Waals surface area (Å²) in [4.78, 5) is 11.4. The van der Waals surface area contributed by atoms with Crippen molar-refractivity contribution >= 4 is 21.9 Å². The van der Waals surface area contributed by atoms with Gasteiger partial charge in [0, 0.05) is 6.07 Å². The summed E-state index contributed by atoms with van der Waals surface area (Å²) in [6.45, 7) is 0. The predicted molar refractivity (Wildman–Crippen MR) is 67.5 cm³/mol. The Balaban J connectivity index is 2.72. The Morgan fingerprint density at radius 3 is 2.39 bits per heavy atom. The number of aromatic hydroxyl groups is 1. The lowest BCUT2D eigenvalue weighted by Crippen LogP contribution is -2.21. The van der Waals surface area contributed by atoms with E-state index in [1.165, 1.54) is 14.2 Å². The summed E-state index contributed by atoms with van der Waals surface area (Å²) < 4.78 is 10.8. The van der Waals surface area contributed by atoms with E-state index in [1.807, 2.05) is 0 Å². The molecule has 2 rings (SSSR count). The van der Waals surface area contributed by atoms with Crippen molar-refractivity contribution in [1.29, 1.82) is 0 Å². The quantitative estimate of drug-likeness (QED) is 0.891. The fraction of sp³-hybridized carbons (Fsp3) is 0.417.